The zero-order chi connectivity index (χ0) is 14.8. The molecular weight excluding hydrogens is 286 g/mol. The van der Waals surface area contributed by atoms with Crippen LogP contribution < -0.4 is 5.32 Å². The van der Waals surface area contributed by atoms with Crippen LogP contribution in [-0.4, -0.2) is 23.0 Å². The Hall–Kier alpha value is -1.36. The second-order valence-corrected chi connectivity index (χ2v) is 7.09. The number of carbonyl (C=O) groups excluding carboxylic acids is 1. The van der Waals surface area contributed by atoms with Crippen LogP contribution in [0.15, 0.2) is 11.4 Å². The predicted octanol–water partition coefficient (Wildman–Crippen LogP) is 2.93. The van der Waals surface area contributed by atoms with Crippen LogP contribution in [0.25, 0.3) is 0 Å². The highest BCUT2D eigenvalue weighted by Gasteiger charge is 2.34. The highest BCUT2D eigenvalue weighted by Crippen LogP contribution is 2.35. The Labute approximate surface area is 128 Å². The van der Waals surface area contributed by atoms with E-state index in [4.69, 9.17) is 0 Å². The Kier molecular flexibility index (Phi) is 4.29. The second kappa shape index (κ2) is 6.18. The fourth-order valence-electron chi connectivity index (χ4n) is 3.64. The molecule has 1 fully saturated rings. The average Bonchev–Trinajstić information content (AvgIpc) is 2.95. The van der Waals surface area contributed by atoms with Crippen molar-refractivity contribution in [1.29, 1.82) is 0 Å². The van der Waals surface area contributed by atoms with E-state index in [-0.39, 0.29) is 17.9 Å². The number of aliphatic carboxylic acids is 1. The van der Waals surface area contributed by atoms with Crippen LogP contribution >= 0.6 is 11.3 Å². The van der Waals surface area contributed by atoms with Crippen molar-refractivity contribution in [1.82, 2.24) is 5.32 Å². The van der Waals surface area contributed by atoms with Crippen LogP contribution in [-0.2, 0) is 16.0 Å². The van der Waals surface area contributed by atoms with Crippen LogP contribution in [0.4, 0.5) is 0 Å². The maximum absolute atomic E-state index is 12.6. The van der Waals surface area contributed by atoms with Crippen molar-refractivity contribution in [2.24, 2.45) is 5.92 Å². The third kappa shape index (κ3) is 2.98. The molecule has 3 rings (SSSR count). The van der Waals surface area contributed by atoms with E-state index in [2.05, 4.69) is 16.8 Å². The fourth-order valence-corrected chi connectivity index (χ4v) is 4.63. The molecule has 5 heteroatoms. The van der Waals surface area contributed by atoms with Gasteiger partial charge in [0.05, 0.1) is 11.8 Å². The lowest BCUT2D eigenvalue weighted by Gasteiger charge is -2.31. The summed E-state index contributed by atoms with van der Waals surface area (Å²) in [6, 6.07) is 1.85. The summed E-state index contributed by atoms with van der Waals surface area (Å²) in [5.41, 5.74) is 1.16. The summed E-state index contributed by atoms with van der Waals surface area (Å²) in [6.07, 6.45) is 6.39. The van der Waals surface area contributed by atoms with Gasteiger partial charge in [0.25, 0.3) is 0 Å². The largest absolute Gasteiger partial charge is 0.481 e. The minimum atomic E-state index is -0.778. The number of fused-ring (bicyclic) bond motifs is 1. The fraction of sp³-hybridized carbons (Fsp3) is 0.625. The Morgan fingerprint density at radius 3 is 2.81 bits per heavy atom. The van der Waals surface area contributed by atoms with E-state index < -0.39 is 11.9 Å². The maximum Gasteiger partial charge on any atom is 0.308 e. The summed E-state index contributed by atoms with van der Waals surface area (Å²) < 4.78 is 0. The molecule has 114 valence electrons. The first-order valence-corrected chi connectivity index (χ1v) is 8.64. The lowest BCUT2D eigenvalue weighted by molar-refractivity contribution is -0.144. The molecule has 1 aromatic rings. The average molecular weight is 307 g/mol. The summed E-state index contributed by atoms with van der Waals surface area (Å²) in [5.74, 6) is -1.27. The van der Waals surface area contributed by atoms with Gasteiger partial charge in [-0.3, -0.25) is 9.59 Å². The van der Waals surface area contributed by atoms with Crippen molar-refractivity contribution in [3.8, 4) is 0 Å². The monoisotopic (exact) mass is 307 g/mol. The van der Waals surface area contributed by atoms with E-state index in [1.807, 2.05) is 0 Å². The minimum absolute atomic E-state index is 0.0208. The van der Waals surface area contributed by atoms with E-state index >= 15 is 0 Å². The number of carboxylic acids is 1. The predicted molar refractivity (Wildman–Crippen MR) is 81.5 cm³/mol. The number of carboxylic acid groups (broad SMARTS) is 1. The molecule has 4 nitrogen and oxygen atoms in total. The van der Waals surface area contributed by atoms with Crippen LogP contribution in [0.3, 0.4) is 0 Å². The molecule has 1 aromatic heterocycles. The first-order chi connectivity index (χ1) is 10.2. The van der Waals surface area contributed by atoms with Crippen LogP contribution in [0.1, 0.15) is 54.9 Å². The van der Waals surface area contributed by atoms with Gasteiger partial charge in [0.1, 0.15) is 0 Å². The molecule has 0 saturated heterocycles. The quantitative estimate of drug-likeness (QED) is 0.902. The Morgan fingerprint density at radius 1 is 1.19 bits per heavy atom. The molecule has 0 aliphatic heterocycles. The molecular formula is C16H21NO3S. The molecule has 0 spiro atoms. The van der Waals surface area contributed by atoms with Crippen LogP contribution in [0, 0.1) is 5.92 Å². The van der Waals surface area contributed by atoms with Gasteiger partial charge in [0.15, 0.2) is 0 Å². The van der Waals surface area contributed by atoms with E-state index in [1.54, 1.807) is 11.3 Å². The molecule has 2 aliphatic rings. The maximum atomic E-state index is 12.6. The van der Waals surface area contributed by atoms with Crippen molar-refractivity contribution < 1.29 is 14.7 Å². The standard InChI is InChI=1S/C16H21NO3S/c18-15(11-5-3-7-14-10(11)8-9-21-14)17-13-6-2-1-4-12(13)16(19)20/h8-9,11-13H,1-7H2,(H,17,18)(H,19,20). The van der Waals surface area contributed by atoms with E-state index in [9.17, 15) is 14.7 Å². The zero-order valence-corrected chi connectivity index (χ0v) is 12.8. The number of nitrogens with one attached hydrogen (secondary N) is 1. The molecule has 2 aliphatic carbocycles. The Morgan fingerprint density at radius 2 is 2.00 bits per heavy atom. The second-order valence-electron chi connectivity index (χ2n) is 6.09. The van der Waals surface area contributed by atoms with Crippen molar-refractivity contribution in [2.75, 3.05) is 0 Å². The number of hydrogen-bond donors (Lipinski definition) is 2. The van der Waals surface area contributed by atoms with Crippen molar-refractivity contribution in [2.45, 2.75) is 56.9 Å². The lowest BCUT2D eigenvalue weighted by atomic mass is 9.83. The molecule has 0 aromatic carbocycles. The highest BCUT2D eigenvalue weighted by atomic mass is 32.1. The third-order valence-corrected chi connectivity index (χ3v) is 5.78. The van der Waals surface area contributed by atoms with Gasteiger partial charge in [-0.1, -0.05) is 12.8 Å². The summed E-state index contributed by atoms with van der Waals surface area (Å²) in [5, 5.41) is 14.4. The van der Waals surface area contributed by atoms with Gasteiger partial charge in [-0.25, -0.2) is 0 Å². The smallest absolute Gasteiger partial charge is 0.308 e. The molecule has 21 heavy (non-hydrogen) atoms. The lowest BCUT2D eigenvalue weighted by Crippen LogP contribution is -2.46. The highest BCUT2D eigenvalue weighted by molar-refractivity contribution is 7.10. The van der Waals surface area contributed by atoms with Crippen LogP contribution in [0.2, 0.25) is 0 Å². The summed E-state index contributed by atoms with van der Waals surface area (Å²) in [4.78, 5) is 25.2. The molecule has 1 saturated carbocycles. The van der Waals surface area contributed by atoms with Gasteiger partial charge in [0, 0.05) is 10.9 Å². The molecule has 3 unspecified atom stereocenters. The molecule has 0 bridgehead atoms. The molecule has 1 amide bonds. The summed E-state index contributed by atoms with van der Waals surface area (Å²) >= 11 is 1.72. The van der Waals surface area contributed by atoms with Gasteiger partial charge in [-0.15, -0.1) is 11.3 Å². The van der Waals surface area contributed by atoms with Crippen molar-refractivity contribution in [3.05, 3.63) is 21.9 Å². The van der Waals surface area contributed by atoms with Gasteiger partial charge >= 0.3 is 5.97 Å². The molecule has 1 heterocycles. The van der Waals surface area contributed by atoms with Gasteiger partial charge in [-0.05, 0) is 49.1 Å². The number of thiophene rings is 1. The van der Waals surface area contributed by atoms with Crippen molar-refractivity contribution >= 4 is 23.2 Å². The van der Waals surface area contributed by atoms with E-state index in [0.717, 1.165) is 44.1 Å². The summed E-state index contributed by atoms with van der Waals surface area (Å²) in [7, 11) is 0. The molecule has 3 atom stereocenters. The van der Waals surface area contributed by atoms with Crippen molar-refractivity contribution in [3.63, 3.8) is 0 Å². The minimum Gasteiger partial charge on any atom is -0.481 e. The normalized spacial score (nSPS) is 28.7. The number of aryl methyl sites for hydroxylation is 1. The number of hydrogen-bond acceptors (Lipinski definition) is 3. The van der Waals surface area contributed by atoms with Gasteiger partial charge in [0.2, 0.25) is 5.91 Å². The first kappa shape index (κ1) is 14.6. The number of rotatable bonds is 3. The number of carbonyl (C=O) groups is 2. The van der Waals surface area contributed by atoms with E-state index in [1.165, 1.54) is 4.88 Å². The van der Waals surface area contributed by atoms with Gasteiger partial charge in [-0.2, -0.15) is 0 Å². The zero-order valence-electron chi connectivity index (χ0n) is 12.0. The molecule has 2 N–H and O–H groups in total. The first-order valence-electron chi connectivity index (χ1n) is 7.76. The third-order valence-electron chi connectivity index (χ3n) is 4.78. The molecule has 0 radical (unpaired) electrons. The summed E-state index contributed by atoms with van der Waals surface area (Å²) in [6.45, 7) is 0. The van der Waals surface area contributed by atoms with Gasteiger partial charge < -0.3 is 10.4 Å². The Balaban J connectivity index is 1.70. The SMILES string of the molecule is O=C(NC1CCCCC1C(=O)O)C1CCCc2sccc21. The Bertz CT molecular complexity index is 539. The topological polar surface area (TPSA) is 66.4 Å². The van der Waals surface area contributed by atoms with E-state index in [0.29, 0.717) is 6.42 Å². The van der Waals surface area contributed by atoms with Crippen LogP contribution in [0.5, 0.6) is 0 Å². The number of amides is 1.